The van der Waals surface area contributed by atoms with Crippen molar-refractivity contribution in [1.82, 2.24) is 0 Å². The Labute approximate surface area is 236 Å². The van der Waals surface area contributed by atoms with E-state index in [-0.39, 0.29) is 0 Å². The lowest BCUT2D eigenvalue weighted by atomic mass is 10.1. The van der Waals surface area contributed by atoms with Crippen molar-refractivity contribution in [2.75, 3.05) is 79.3 Å². The Kier molecular flexibility index (Phi) is 12.7. The van der Waals surface area contributed by atoms with Gasteiger partial charge in [0.25, 0.3) is 5.95 Å². The molecule has 3 aromatic rings. The van der Waals surface area contributed by atoms with E-state index in [1.807, 2.05) is 66.7 Å². The number of rotatable bonds is 2. The van der Waals surface area contributed by atoms with E-state index in [4.69, 9.17) is 37.9 Å². The molecule has 0 aliphatic carbocycles. The summed E-state index contributed by atoms with van der Waals surface area (Å²) in [7, 11) is 0. The first-order chi connectivity index (χ1) is 19.8. The van der Waals surface area contributed by atoms with Gasteiger partial charge in [-0.1, -0.05) is 61.2 Å². The molecule has 1 heterocycles. The number of hydrogen-bond donors (Lipinski definition) is 0. The SMILES string of the molecule is C=Cc1ccccc1C=C1OCCOCCOCCOc2cc3ccccc3cc2OCCOCCOCCO1. The molecule has 1 aliphatic heterocycles. The highest BCUT2D eigenvalue weighted by atomic mass is 16.7. The molecule has 0 amide bonds. The van der Waals surface area contributed by atoms with Crippen LogP contribution in [-0.2, 0) is 28.4 Å². The van der Waals surface area contributed by atoms with Crippen molar-refractivity contribution in [3.05, 3.63) is 84.3 Å². The molecular weight excluding hydrogens is 512 g/mol. The monoisotopic (exact) mass is 550 g/mol. The maximum atomic E-state index is 6.00. The van der Waals surface area contributed by atoms with Crippen LogP contribution in [0.3, 0.4) is 0 Å². The molecule has 8 nitrogen and oxygen atoms in total. The molecule has 4 rings (SSSR count). The summed E-state index contributed by atoms with van der Waals surface area (Å²) in [6.07, 6.45) is 3.65. The molecule has 0 unspecified atom stereocenters. The van der Waals surface area contributed by atoms with E-state index >= 15 is 0 Å². The number of benzene rings is 3. The highest BCUT2D eigenvalue weighted by Gasteiger charge is 2.09. The van der Waals surface area contributed by atoms with E-state index in [0.717, 1.165) is 21.9 Å². The Bertz CT molecular complexity index is 1140. The smallest absolute Gasteiger partial charge is 0.279 e. The third kappa shape index (κ3) is 9.88. The normalized spacial score (nSPS) is 17.2. The number of hydrogen-bond acceptors (Lipinski definition) is 8. The summed E-state index contributed by atoms with van der Waals surface area (Å²) in [5, 5.41) is 2.16. The van der Waals surface area contributed by atoms with Crippen LogP contribution in [0.1, 0.15) is 11.1 Å². The average molecular weight is 551 g/mol. The fourth-order valence-corrected chi connectivity index (χ4v) is 3.97. The topological polar surface area (TPSA) is 73.8 Å². The van der Waals surface area contributed by atoms with Crippen LogP contribution in [0.25, 0.3) is 22.9 Å². The van der Waals surface area contributed by atoms with Crippen LogP contribution in [0.2, 0.25) is 0 Å². The summed E-state index contributed by atoms with van der Waals surface area (Å²) < 4.78 is 46.4. The van der Waals surface area contributed by atoms with Gasteiger partial charge in [-0.25, -0.2) is 0 Å². The van der Waals surface area contributed by atoms with E-state index < -0.39 is 0 Å². The molecule has 0 N–H and O–H groups in total. The van der Waals surface area contributed by atoms with Gasteiger partial charge >= 0.3 is 0 Å². The molecule has 0 atom stereocenters. The van der Waals surface area contributed by atoms with E-state index in [9.17, 15) is 0 Å². The fourth-order valence-electron chi connectivity index (χ4n) is 3.97. The Morgan fingerprint density at radius 3 is 1.35 bits per heavy atom. The molecule has 1 aliphatic rings. The van der Waals surface area contributed by atoms with Gasteiger partial charge in [0, 0.05) is 6.08 Å². The zero-order valence-corrected chi connectivity index (χ0v) is 22.9. The lowest BCUT2D eigenvalue weighted by molar-refractivity contribution is -0.0259. The molecule has 8 heteroatoms. The summed E-state index contributed by atoms with van der Waals surface area (Å²) in [6.45, 7) is 8.78. The first kappa shape index (κ1) is 29.4. The summed E-state index contributed by atoms with van der Waals surface area (Å²) in [4.78, 5) is 0. The standard InChI is InChI=1S/C32H38O8/c1-2-26-7-3-4-10-29(26)25-32-39-21-17-35-13-11-33-15-19-37-30-23-27-8-5-6-9-28(27)24-31(30)38-20-16-34-12-14-36-18-22-40-32/h2-10,23-25H,1,11-22H2. The first-order valence-corrected chi connectivity index (χ1v) is 13.6. The van der Waals surface area contributed by atoms with Crippen LogP contribution in [0.5, 0.6) is 11.5 Å². The zero-order chi connectivity index (χ0) is 27.7. The van der Waals surface area contributed by atoms with Gasteiger partial charge in [0.15, 0.2) is 11.5 Å². The summed E-state index contributed by atoms with van der Waals surface area (Å²) >= 11 is 0. The maximum absolute atomic E-state index is 6.00. The van der Waals surface area contributed by atoms with Crippen molar-refractivity contribution in [3.8, 4) is 11.5 Å². The maximum Gasteiger partial charge on any atom is 0.279 e. The van der Waals surface area contributed by atoms with Crippen molar-refractivity contribution in [2.24, 2.45) is 0 Å². The minimum Gasteiger partial charge on any atom is -0.487 e. The molecule has 0 saturated heterocycles. The third-order valence-corrected chi connectivity index (χ3v) is 5.96. The van der Waals surface area contributed by atoms with E-state index in [2.05, 4.69) is 6.58 Å². The van der Waals surface area contributed by atoms with Gasteiger partial charge in [-0.3, -0.25) is 0 Å². The van der Waals surface area contributed by atoms with Crippen LogP contribution in [-0.4, -0.2) is 79.3 Å². The van der Waals surface area contributed by atoms with Gasteiger partial charge in [-0.2, -0.15) is 0 Å². The Hall–Kier alpha value is -3.56. The molecular formula is C32H38O8. The van der Waals surface area contributed by atoms with Gasteiger partial charge in [0.1, 0.15) is 26.4 Å². The second-order valence-corrected chi connectivity index (χ2v) is 8.79. The molecule has 0 aromatic heterocycles. The van der Waals surface area contributed by atoms with Gasteiger partial charge in [0.05, 0.1) is 52.9 Å². The van der Waals surface area contributed by atoms with E-state index in [0.29, 0.717) is 96.7 Å². The highest BCUT2D eigenvalue weighted by Crippen LogP contribution is 2.32. The predicted molar refractivity (Wildman–Crippen MR) is 155 cm³/mol. The minimum atomic E-state index is 0.338. The molecule has 0 fully saturated rings. The van der Waals surface area contributed by atoms with Crippen LogP contribution < -0.4 is 9.47 Å². The average Bonchev–Trinajstić information content (AvgIpc) is 2.98. The second kappa shape index (κ2) is 17.2. The van der Waals surface area contributed by atoms with Crippen molar-refractivity contribution in [1.29, 1.82) is 0 Å². The Morgan fingerprint density at radius 1 is 0.475 bits per heavy atom. The van der Waals surface area contributed by atoms with Crippen LogP contribution in [0.4, 0.5) is 0 Å². The van der Waals surface area contributed by atoms with Crippen LogP contribution >= 0.6 is 0 Å². The van der Waals surface area contributed by atoms with Gasteiger partial charge in [-0.15, -0.1) is 0 Å². The number of ether oxygens (including phenoxy) is 8. The van der Waals surface area contributed by atoms with Gasteiger partial charge in [0.2, 0.25) is 0 Å². The first-order valence-electron chi connectivity index (χ1n) is 13.6. The third-order valence-electron chi connectivity index (χ3n) is 5.96. The molecule has 0 bridgehead atoms. The van der Waals surface area contributed by atoms with Gasteiger partial charge in [-0.05, 0) is 34.0 Å². The highest BCUT2D eigenvalue weighted by molar-refractivity contribution is 5.86. The van der Waals surface area contributed by atoms with Gasteiger partial charge < -0.3 is 37.9 Å². The summed E-state index contributed by atoms with van der Waals surface area (Å²) in [5.74, 6) is 1.75. The largest absolute Gasteiger partial charge is 0.487 e. The van der Waals surface area contributed by atoms with Crippen LogP contribution in [0.15, 0.2) is 73.2 Å². The molecule has 0 radical (unpaired) electrons. The van der Waals surface area contributed by atoms with Crippen LogP contribution in [0, 0.1) is 0 Å². The second-order valence-electron chi connectivity index (χ2n) is 8.79. The molecule has 40 heavy (non-hydrogen) atoms. The number of fused-ring (bicyclic) bond motifs is 2. The lowest BCUT2D eigenvalue weighted by Crippen LogP contribution is -2.14. The Morgan fingerprint density at radius 2 is 0.875 bits per heavy atom. The molecule has 0 saturated carbocycles. The fraction of sp³-hybridized carbons (Fsp3) is 0.375. The van der Waals surface area contributed by atoms with Crippen molar-refractivity contribution in [3.63, 3.8) is 0 Å². The molecule has 3 aromatic carbocycles. The minimum absolute atomic E-state index is 0.338. The quantitative estimate of drug-likeness (QED) is 0.423. The van der Waals surface area contributed by atoms with Crippen molar-refractivity contribution < 1.29 is 37.9 Å². The lowest BCUT2D eigenvalue weighted by Gasteiger charge is -2.14. The van der Waals surface area contributed by atoms with Crippen molar-refractivity contribution >= 4 is 22.9 Å². The predicted octanol–water partition coefficient (Wildman–Crippen LogP) is 5.35. The summed E-state index contributed by atoms with van der Waals surface area (Å²) in [5.41, 5.74) is 1.94. The van der Waals surface area contributed by atoms with E-state index in [1.165, 1.54) is 0 Å². The molecule has 0 spiro atoms. The van der Waals surface area contributed by atoms with E-state index in [1.54, 1.807) is 6.08 Å². The molecule has 214 valence electrons. The Balaban J connectivity index is 1.31. The van der Waals surface area contributed by atoms with Crippen molar-refractivity contribution in [2.45, 2.75) is 0 Å². The summed E-state index contributed by atoms with van der Waals surface area (Å²) in [6, 6.07) is 20.0. The zero-order valence-electron chi connectivity index (χ0n) is 22.9.